The maximum atomic E-state index is 9.82. The van der Waals surface area contributed by atoms with Crippen LogP contribution in [0.3, 0.4) is 0 Å². The smallest absolute Gasteiger partial charge is 0.243 e. The molecular formula is C4H7AuNO. The molecule has 0 heterocycles. The molecule has 0 spiro atoms. The third kappa shape index (κ3) is 5.95. The van der Waals surface area contributed by atoms with Crippen LogP contribution in [0, 0.1) is 0 Å². The molecule has 0 saturated carbocycles. The Hall–Kier alpha value is -0.0497. The van der Waals surface area contributed by atoms with Crippen molar-refractivity contribution in [2.75, 3.05) is 0 Å². The number of carbonyl (C=O) groups excluding carboxylic acids is 1. The summed E-state index contributed by atoms with van der Waals surface area (Å²) in [4.78, 5) is 9.82. The van der Waals surface area contributed by atoms with E-state index in [4.69, 9.17) is 5.73 Å². The molecule has 0 aliphatic carbocycles. The summed E-state index contributed by atoms with van der Waals surface area (Å²) in [5.41, 5.74) is 5.09. The summed E-state index contributed by atoms with van der Waals surface area (Å²) in [6.07, 6.45) is 0. The second-order valence-corrected chi connectivity index (χ2v) is 1.14. The predicted octanol–water partition coefficient (Wildman–Crippen LogP) is 0.0453. The minimum Gasteiger partial charge on any atom is -0.366 e. The average molecular weight is 282 g/mol. The van der Waals surface area contributed by atoms with Crippen LogP contribution in [0.1, 0.15) is 6.92 Å². The van der Waals surface area contributed by atoms with Crippen LogP contribution in [0.15, 0.2) is 12.2 Å². The van der Waals surface area contributed by atoms with Gasteiger partial charge in [-0.25, -0.2) is 0 Å². The van der Waals surface area contributed by atoms with E-state index in [-0.39, 0.29) is 22.4 Å². The van der Waals surface area contributed by atoms with Gasteiger partial charge in [-0.3, -0.25) is 4.79 Å². The van der Waals surface area contributed by atoms with Crippen LogP contribution in [0.4, 0.5) is 0 Å². The van der Waals surface area contributed by atoms with Crippen molar-refractivity contribution < 1.29 is 27.2 Å². The van der Waals surface area contributed by atoms with Gasteiger partial charge in [-0.2, -0.15) is 0 Å². The third-order valence-electron chi connectivity index (χ3n) is 0.421. The maximum absolute atomic E-state index is 9.82. The van der Waals surface area contributed by atoms with Gasteiger partial charge >= 0.3 is 0 Å². The van der Waals surface area contributed by atoms with Crippen LogP contribution >= 0.6 is 0 Å². The fourth-order valence-electron chi connectivity index (χ4n) is 0. The van der Waals surface area contributed by atoms with E-state index in [1.165, 1.54) is 0 Å². The summed E-state index contributed by atoms with van der Waals surface area (Å²) in [6.45, 7) is 4.85. The molecule has 0 saturated heterocycles. The number of hydrogen-bond donors (Lipinski definition) is 1. The molecule has 1 amide bonds. The number of hydrogen-bond acceptors (Lipinski definition) is 1. The number of carbonyl (C=O) groups is 1. The fraction of sp³-hybridized carbons (Fsp3) is 0.250. The number of rotatable bonds is 1. The van der Waals surface area contributed by atoms with Crippen molar-refractivity contribution in [3.8, 4) is 0 Å². The molecule has 2 nitrogen and oxygen atoms in total. The third-order valence-corrected chi connectivity index (χ3v) is 0.421. The normalized spacial score (nSPS) is 6.43. The summed E-state index contributed by atoms with van der Waals surface area (Å²) in [5, 5.41) is 0. The van der Waals surface area contributed by atoms with E-state index < -0.39 is 5.91 Å². The first-order chi connectivity index (χ1) is 2.64. The Bertz CT molecular complexity index is 77.7. The number of primary amides is 1. The van der Waals surface area contributed by atoms with Crippen LogP contribution in [-0.4, -0.2) is 5.91 Å². The molecule has 7 heavy (non-hydrogen) atoms. The van der Waals surface area contributed by atoms with Crippen LogP contribution in [0.2, 0.25) is 0 Å². The fourth-order valence-corrected chi connectivity index (χ4v) is 0. The molecule has 0 aromatic heterocycles. The Morgan fingerprint density at radius 3 is 1.86 bits per heavy atom. The minimum absolute atomic E-state index is 0. The van der Waals surface area contributed by atoms with Gasteiger partial charge in [0.1, 0.15) is 0 Å². The van der Waals surface area contributed by atoms with Gasteiger partial charge in [-0.05, 0) is 6.92 Å². The van der Waals surface area contributed by atoms with Gasteiger partial charge in [-0.1, -0.05) is 6.58 Å². The van der Waals surface area contributed by atoms with Crippen LogP contribution in [0.5, 0.6) is 0 Å². The van der Waals surface area contributed by atoms with E-state index in [1.54, 1.807) is 6.92 Å². The zero-order valence-electron chi connectivity index (χ0n) is 3.99. The second kappa shape index (κ2) is 4.12. The van der Waals surface area contributed by atoms with Crippen molar-refractivity contribution >= 4 is 5.91 Å². The Balaban J connectivity index is 0. The predicted molar refractivity (Wildman–Crippen MR) is 24.0 cm³/mol. The average Bonchev–Trinajstić information content (AvgIpc) is 1.36. The molecule has 0 aromatic rings. The van der Waals surface area contributed by atoms with Gasteiger partial charge in [-0.15, -0.1) is 0 Å². The van der Waals surface area contributed by atoms with E-state index in [0.717, 1.165) is 0 Å². The molecule has 1 radical (unpaired) electrons. The first-order valence-electron chi connectivity index (χ1n) is 1.60. The topological polar surface area (TPSA) is 43.1 Å². The molecular weight excluding hydrogens is 275 g/mol. The summed E-state index contributed by atoms with van der Waals surface area (Å²) in [5.74, 6) is -0.435. The van der Waals surface area contributed by atoms with Gasteiger partial charge < -0.3 is 5.73 Å². The maximum Gasteiger partial charge on any atom is 0.243 e. The zero-order valence-corrected chi connectivity index (χ0v) is 6.16. The Kier molecular flexibility index (Phi) is 5.91. The van der Waals surface area contributed by atoms with E-state index in [1.807, 2.05) is 0 Å². The summed E-state index contributed by atoms with van der Waals surface area (Å²) >= 11 is 0. The van der Waals surface area contributed by atoms with Crippen molar-refractivity contribution in [2.24, 2.45) is 5.73 Å². The first kappa shape index (κ1) is 10.0. The van der Waals surface area contributed by atoms with Crippen molar-refractivity contribution in [1.29, 1.82) is 0 Å². The Morgan fingerprint density at radius 1 is 1.71 bits per heavy atom. The molecule has 0 bridgehead atoms. The van der Waals surface area contributed by atoms with Crippen LogP contribution in [0.25, 0.3) is 0 Å². The van der Waals surface area contributed by atoms with Crippen molar-refractivity contribution in [3.63, 3.8) is 0 Å². The van der Waals surface area contributed by atoms with Gasteiger partial charge in [0.15, 0.2) is 0 Å². The van der Waals surface area contributed by atoms with Crippen molar-refractivity contribution in [3.05, 3.63) is 12.2 Å². The van der Waals surface area contributed by atoms with Gasteiger partial charge in [0.05, 0.1) is 0 Å². The molecule has 0 fully saturated rings. The Labute approximate surface area is 58.3 Å². The monoisotopic (exact) mass is 282 g/mol. The van der Waals surface area contributed by atoms with Crippen LogP contribution in [-0.2, 0) is 27.2 Å². The molecule has 0 unspecified atom stereocenters. The molecule has 0 aliphatic rings. The molecule has 3 heteroatoms. The summed E-state index contributed by atoms with van der Waals surface area (Å²) < 4.78 is 0. The number of nitrogens with two attached hydrogens (primary N) is 1. The van der Waals surface area contributed by atoms with Crippen molar-refractivity contribution in [1.82, 2.24) is 0 Å². The van der Waals surface area contributed by atoms with E-state index in [2.05, 4.69) is 6.58 Å². The SMILES string of the molecule is C=C(C)C(N)=O.[Au]. The number of amides is 1. The Morgan fingerprint density at radius 2 is 1.86 bits per heavy atom. The molecule has 45 valence electrons. The van der Waals surface area contributed by atoms with Gasteiger partial charge in [0, 0.05) is 28.0 Å². The van der Waals surface area contributed by atoms with Crippen molar-refractivity contribution in [2.45, 2.75) is 6.92 Å². The summed E-state index contributed by atoms with van der Waals surface area (Å²) in [7, 11) is 0. The minimum atomic E-state index is -0.435. The standard InChI is InChI=1S/C4H7NO.Au/c1-3(2)4(5)6;/h1H2,2H3,(H2,5,6);. The van der Waals surface area contributed by atoms with E-state index >= 15 is 0 Å². The zero-order chi connectivity index (χ0) is 5.15. The molecule has 0 aliphatic heterocycles. The van der Waals surface area contributed by atoms with Gasteiger partial charge in [0.25, 0.3) is 0 Å². The second-order valence-electron chi connectivity index (χ2n) is 1.14. The largest absolute Gasteiger partial charge is 0.366 e. The van der Waals surface area contributed by atoms with Gasteiger partial charge in [0.2, 0.25) is 5.91 Å². The molecule has 0 rings (SSSR count). The quantitative estimate of drug-likeness (QED) is 0.536. The molecule has 0 atom stereocenters. The first-order valence-corrected chi connectivity index (χ1v) is 1.60. The van der Waals surface area contributed by atoms with E-state index in [0.29, 0.717) is 5.57 Å². The summed E-state index contributed by atoms with van der Waals surface area (Å²) in [6, 6.07) is 0. The molecule has 2 N–H and O–H groups in total. The van der Waals surface area contributed by atoms with Crippen LogP contribution < -0.4 is 5.73 Å². The molecule has 0 aromatic carbocycles. The van der Waals surface area contributed by atoms with E-state index in [9.17, 15) is 4.79 Å².